The van der Waals surface area contributed by atoms with Crippen LogP contribution in [0, 0.1) is 17.8 Å². The van der Waals surface area contributed by atoms with E-state index in [9.17, 15) is 0 Å². The second kappa shape index (κ2) is 5.68. The molecule has 1 aromatic carbocycles. The predicted octanol–water partition coefficient (Wildman–Crippen LogP) is 4.02. The van der Waals surface area contributed by atoms with E-state index in [1.54, 1.807) is 0 Å². The van der Waals surface area contributed by atoms with Crippen molar-refractivity contribution in [1.29, 1.82) is 0 Å². The minimum absolute atomic E-state index is 0.533. The molecule has 1 fully saturated rings. The molecule has 1 N–H and O–H groups in total. The van der Waals surface area contributed by atoms with Crippen molar-refractivity contribution >= 4 is 0 Å². The quantitative estimate of drug-likeness (QED) is 0.828. The fourth-order valence-corrected chi connectivity index (χ4v) is 3.23. The molecule has 94 valence electrons. The fourth-order valence-electron chi connectivity index (χ4n) is 3.23. The van der Waals surface area contributed by atoms with Crippen molar-refractivity contribution in [2.24, 2.45) is 17.8 Å². The Kier molecular flexibility index (Phi) is 4.22. The second-order valence-corrected chi connectivity index (χ2v) is 5.70. The smallest absolute Gasteiger partial charge is 0.0346 e. The number of hydrogen-bond donors (Lipinski definition) is 1. The standard InChI is InChI=1S/C16H25N/c1-12-9-10-15(11-13(12)2)16(17-3)14-7-5-4-6-8-14/h4-8,12-13,15-17H,9-11H2,1-3H3. The van der Waals surface area contributed by atoms with E-state index in [1.165, 1.54) is 24.8 Å². The van der Waals surface area contributed by atoms with Crippen molar-refractivity contribution in [1.82, 2.24) is 5.32 Å². The zero-order chi connectivity index (χ0) is 12.3. The summed E-state index contributed by atoms with van der Waals surface area (Å²) in [4.78, 5) is 0. The minimum Gasteiger partial charge on any atom is -0.313 e. The molecule has 0 bridgehead atoms. The Morgan fingerprint density at radius 2 is 1.76 bits per heavy atom. The molecule has 1 aliphatic carbocycles. The summed E-state index contributed by atoms with van der Waals surface area (Å²) in [6.07, 6.45) is 4.12. The van der Waals surface area contributed by atoms with Crippen molar-refractivity contribution in [3.8, 4) is 0 Å². The summed E-state index contributed by atoms with van der Waals surface area (Å²) in [7, 11) is 2.10. The molecule has 17 heavy (non-hydrogen) atoms. The third kappa shape index (κ3) is 2.90. The Morgan fingerprint density at radius 3 is 2.35 bits per heavy atom. The highest BCUT2D eigenvalue weighted by Gasteiger charge is 2.29. The molecule has 0 spiro atoms. The van der Waals surface area contributed by atoms with Gasteiger partial charge in [0.1, 0.15) is 0 Å². The lowest BCUT2D eigenvalue weighted by Crippen LogP contribution is -2.31. The van der Waals surface area contributed by atoms with Gasteiger partial charge in [0.25, 0.3) is 0 Å². The fraction of sp³-hybridized carbons (Fsp3) is 0.625. The topological polar surface area (TPSA) is 12.0 Å². The van der Waals surface area contributed by atoms with Crippen LogP contribution in [0.5, 0.6) is 0 Å². The van der Waals surface area contributed by atoms with E-state index in [1.807, 2.05) is 0 Å². The van der Waals surface area contributed by atoms with E-state index in [0.29, 0.717) is 6.04 Å². The minimum atomic E-state index is 0.533. The molecular weight excluding hydrogens is 206 g/mol. The molecular formula is C16H25N. The molecule has 1 saturated carbocycles. The molecule has 4 atom stereocenters. The first kappa shape index (κ1) is 12.6. The van der Waals surface area contributed by atoms with Gasteiger partial charge in [0.2, 0.25) is 0 Å². The van der Waals surface area contributed by atoms with Gasteiger partial charge in [0.05, 0.1) is 0 Å². The van der Waals surface area contributed by atoms with Crippen LogP contribution in [0.15, 0.2) is 30.3 Å². The first-order valence-corrected chi connectivity index (χ1v) is 6.94. The van der Waals surface area contributed by atoms with E-state index in [-0.39, 0.29) is 0 Å². The van der Waals surface area contributed by atoms with Crippen molar-refractivity contribution in [2.75, 3.05) is 7.05 Å². The average Bonchev–Trinajstić information content (AvgIpc) is 2.36. The van der Waals surface area contributed by atoms with Crippen molar-refractivity contribution in [3.63, 3.8) is 0 Å². The van der Waals surface area contributed by atoms with E-state index in [0.717, 1.165) is 17.8 Å². The van der Waals surface area contributed by atoms with Crippen LogP contribution in [-0.2, 0) is 0 Å². The van der Waals surface area contributed by atoms with E-state index in [2.05, 4.69) is 56.5 Å². The molecule has 0 heterocycles. The third-order valence-electron chi connectivity index (χ3n) is 4.58. The summed E-state index contributed by atoms with van der Waals surface area (Å²) >= 11 is 0. The maximum atomic E-state index is 3.52. The Hall–Kier alpha value is -0.820. The van der Waals surface area contributed by atoms with Crippen LogP contribution in [0.25, 0.3) is 0 Å². The summed E-state index contributed by atoms with van der Waals surface area (Å²) in [5, 5.41) is 3.52. The van der Waals surface area contributed by atoms with Crippen molar-refractivity contribution in [3.05, 3.63) is 35.9 Å². The molecule has 0 amide bonds. The summed E-state index contributed by atoms with van der Waals surface area (Å²) in [5.41, 5.74) is 1.45. The van der Waals surface area contributed by atoms with Crippen molar-refractivity contribution < 1.29 is 0 Å². The maximum absolute atomic E-state index is 3.52. The molecule has 0 aromatic heterocycles. The van der Waals surface area contributed by atoms with Gasteiger partial charge in [-0.25, -0.2) is 0 Å². The van der Waals surface area contributed by atoms with Crippen LogP contribution in [0.3, 0.4) is 0 Å². The Labute approximate surface area is 106 Å². The third-order valence-corrected chi connectivity index (χ3v) is 4.58. The molecule has 0 radical (unpaired) electrons. The maximum Gasteiger partial charge on any atom is 0.0346 e. The van der Waals surface area contributed by atoms with Crippen LogP contribution in [-0.4, -0.2) is 7.05 Å². The summed E-state index contributed by atoms with van der Waals surface area (Å²) in [6.45, 7) is 4.81. The highest BCUT2D eigenvalue weighted by molar-refractivity contribution is 5.19. The summed E-state index contributed by atoms with van der Waals surface area (Å²) < 4.78 is 0. The van der Waals surface area contributed by atoms with E-state index in [4.69, 9.17) is 0 Å². The highest BCUT2D eigenvalue weighted by atomic mass is 14.9. The van der Waals surface area contributed by atoms with Crippen LogP contribution in [0.1, 0.15) is 44.7 Å². The molecule has 2 rings (SSSR count). The van der Waals surface area contributed by atoms with Gasteiger partial charge in [-0.2, -0.15) is 0 Å². The van der Waals surface area contributed by atoms with Crippen LogP contribution < -0.4 is 5.32 Å². The largest absolute Gasteiger partial charge is 0.313 e. The lowest BCUT2D eigenvalue weighted by atomic mass is 9.72. The normalized spacial score (nSPS) is 31.1. The molecule has 0 aliphatic heterocycles. The van der Waals surface area contributed by atoms with Crippen LogP contribution >= 0.6 is 0 Å². The predicted molar refractivity (Wildman–Crippen MR) is 73.9 cm³/mol. The number of benzene rings is 1. The Bertz CT molecular complexity index is 333. The van der Waals surface area contributed by atoms with Gasteiger partial charge < -0.3 is 5.32 Å². The Morgan fingerprint density at radius 1 is 1.06 bits per heavy atom. The van der Waals surface area contributed by atoms with Gasteiger partial charge in [0, 0.05) is 6.04 Å². The lowest BCUT2D eigenvalue weighted by molar-refractivity contribution is 0.175. The monoisotopic (exact) mass is 231 g/mol. The van der Waals surface area contributed by atoms with E-state index < -0.39 is 0 Å². The SMILES string of the molecule is CNC(c1ccccc1)C1CCC(C)C(C)C1. The first-order chi connectivity index (χ1) is 8.22. The lowest BCUT2D eigenvalue weighted by Gasteiger charge is -2.36. The molecule has 1 nitrogen and oxygen atoms in total. The molecule has 0 saturated heterocycles. The summed E-state index contributed by atoms with van der Waals surface area (Å²) in [6, 6.07) is 11.4. The number of nitrogens with one attached hydrogen (secondary N) is 1. The molecule has 1 aromatic rings. The average molecular weight is 231 g/mol. The van der Waals surface area contributed by atoms with Crippen LogP contribution in [0.2, 0.25) is 0 Å². The Balaban J connectivity index is 2.09. The molecule has 4 unspecified atom stereocenters. The van der Waals surface area contributed by atoms with E-state index >= 15 is 0 Å². The number of rotatable bonds is 3. The van der Waals surface area contributed by atoms with Gasteiger partial charge in [0.15, 0.2) is 0 Å². The highest BCUT2D eigenvalue weighted by Crippen LogP contribution is 2.39. The number of hydrogen-bond acceptors (Lipinski definition) is 1. The van der Waals surface area contributed by atoms with Gasteiger partial charge in [-0.15, -0.1) is 0 Å². The zero-order valence-corrected chi connectivity index (χ0v) is 11.3. The second-order valence-electron chi connectivity index (χ2n) is 5.70. The van der Waals surface area contributed by atoms with Crippen LogP contribution in [0.4, 0.5) is 0 Å². The van der Waals surface area contributed by atoms with Crippen molar-refractivity contribution in [2.45, 2.75) is 39.2 Å². The van der Waals surface area contributed by atoms with Gasteiger partial charge in [-0.3, -0.25) is 0 Å². The first-order valence-electron chi connectivity index (χ1n) is 6.94. The molecule has 1 aliphatic rings. The van der Waals surface area contributed by atoms with Gasteiger partial charge in [-0.05, 0) is 43.2 Å². The molecule has 1 heteroatoms. The summed E-state index contributed by atoms with van der Waals surface area (Å²) in [5.74, 6) is 2.57. The van der Waals surface area contributed by atoms with Gasteiger partial charge in [-0.1, -0.05) is 50.6 Å². The zero-order valence-electron chi connectivity index (χ0n) is 11.3. The van der Waals surface area contributed by atoms with Gasteiger partial charge >= 0.3 is 0 Å².